The second-order valence-corrected chi connectivity index (χ2v) is 7.11. The first-order chi connectivity index (χ1) is 12.7. The number of nitrogens with zero attached hydrogens (tertiary/aromatic N) is 3. The number of hydrogen-bond acceptors (Lipinski definition) is 5. The molecule has 0 saturated heterocycles. The van der Waals surface area contributed by atoms with Crippen LogP contribution in [0.25, 0.3) is 0 Å². The maximum atomic E-state index is 13.1. The third-order valence-corrected chi connectivity index (χ3v) is 5.40. The molecule has 0 aliphatic heterocycles. The molecular formula is C19H18N4O2S. The molecule has 0 saturated carbocycles. The van der Waals surface area contributed by atoms with Crippen molar-refractivity contribution in [1.82, 2.24) is 15.2 Å². The first-order valence-corrected chi connectivity index (χ1v) is 9.47. The van der Waals surface area contributed by atoms with Crippen LogP contribution in [0.4, 0.5) is 5.13 Å². The molecule has 2 aromatic heterocycles. The first-order valence-electron chi connectivity index (χ1n) is 8.60. The number of fused-ring (bicyclic) bond motifs is 1. The highest BCUT2D eigenvalue weighted by molar-refractivity contribution is 7.13. The molecule has 1 aliphatic rings. The van der Waals surface area contributed by atoms with Gasteiger partial charge in [0.2, 0.25) is 0 Å². The van der Waals surface area contributed by atoms with Gasteiger partial charge in [-0.1, -0.05) is 18.2 Å². The van der Waals surface area contributed by atoms with Crippen molar-refractivity contribution in [3.63, 3.8) is 0 Å². The van der Waals surface area contributed by atoms with E-state index in [1.54, 1.807) is 23.2 Å². The van der Waals surface area contributed by atoms with Crippen LogP contribution >= 0.6 is 11.3 Å². The zero-order chi connectivity index (χ0) is 17.9. The predicted molar refractivity (Wildman–Crippen MR) is 101 cm³/mol. The molecule has 6 nitrogen and oxygen atoms in total. The molecule has 0 spiro atoms. The Morgan fingerprint density at radius 1 is 1.15 bits per heavy atom. The maximum Gasteiger partial charge on any atom is 0.267 e. The van der Waals surface area contributed by atoms with Gasteiger partial charge in [-0.25, -0.2) is 10.1 Å². The first kappa shape index (κ1) is 16.7. The van der Waals surface area contributed by atoms with Gasteiger partial charge in [0.05, 0.1) is 12.2 Å². The lowest BCUT2D eigenvalue weighted by Gasteiger charge is -2.23. The lowest BCUT2D eigenvalue weighted by atomic mass is 9.91. The molecular weight excluding hydrogens is 348 g/mol. The average molecular weight is 366 g/mol. The fourth-order valence-electron chi connectivity index (χ4n) is 3.32. The van der Waals surface area contributed by atoms with Crippen LogP contribution in [0.3, 0.4) is 0 Å². The summed E-state index contributed by atoms with van der Waals surface area (Å²) in [4.78, 5) is 31.1. The summed E-state index contributed by atoms with van der Waals surface area (Å²) in [7, 11) is 0. The second kappa shape index (κ2) is 7.21. The van der Waals surface area contributed by atoms with E-state index >= 15 is 0 Å². The van der Waals surface area contributed by atoms with Crippen LogP contribution in [-0.4, -0.2) is 21.1 Å². The molecule has 26 heavy (non-hydrogen) atoms. The van der Waals surface area contributed by atoms with Crippen LogP contribution in [0.2, 0.25) is 0 Å². The zero-order valence-corrected chi connectivity index (χ0v) is 15.0. The number of nitrogens with one attached hydrogen (secondary N) is 1. The fourth-order valence-corrected chi connectivity index (χ4v) is 3.96. The number of rotatable bonds is 4. The van der Waals surface area contributed by atoms with E-state index in [2.05, 4.69) is 15.2 Å². The van der Waals surface area contributed by atoms with E-state index in [1.165, 1.54) is 11.3 Å². The van der Waals surface area contributed by atoms with Crippen molar-refractivity contribution in [2.45, 2.75) is 32.2 Å². The number of hydrogen-bond donors (Lipinski definition) is 1. The van der Waals surface area contributed by atoms with E-state index in [0.29, 0.717) is 17.2 Å². The highest BCUT2D eigenvalue weighted by Crippen LogP contribution is 2.25. The molecule has 0 atom stereocenters. The molecule has 2 heterocycles. The van der Waals surface area contributed by atoms with Crippen LogP contribution in [0.15, 0.2) is 46.7 Å². The normalized spacial score (nSPS) is 13.2. The Hall–Kier alpha value is -2.80. The quantitative estimate of drug-likeness (QED) is 0.770. The van der Waals surface area contributed by atoms with Crippen molar-refractivity contribution in [3.8, 4) is 0 Å². The summed E-state index contributed by atoms with van der Waals surface area (Å²) in [5, 5.41) is 9.32. The molecule has 1 amide bonds. The molecule has 1 aliphatic carbocycles. The summed E-state index contributed by atoms with van der Waals surface area (Å²) in [5.74, 6) is -0.127. The summed E-state index contributed by atoms with van der Waals surface area (Å²) in [5.41, 5.74) is 3.04. The summed E-state index contributed by atoms with van der Waals surface area (Å²) < 4.78 is 0. The van der Waals surface area contributed by atoms with Gasteiger partial charge in [0, 0.05) is 22.7 Å². The van der Waals surface area contributed by atoms with E-state index in [0.717, 1.165) is 42.5 Å². The van der Waals surface area contributed by atoms with Gasteiger partial charge in [-0.15, -0.1) is 11.3 Å². The van der Waals surface area contributed by atoms with Crippen LogP contribution in [-0.2, 0) is 19.4 Å². The second-order valence-electron chi connectivity index (χ2n) is 6.24. The maximum absolute atomic E-state index is 13.1. The third-order valence-electron chi connectivity index (χ3n) is 4.61. The van der Waals surface area contributed by atoms with E-state index in [9.17, 15) is 9.59 Å². The van der Waals surface area contributed by atoms with E-state index in [-0.39, 0.29) is 11.5 Å². The van der Waals surface area contributed by atoms with Crippen molar-refractivity contribution in [1.29, 1.82) is 0 Å². The Kier molecular flexibility index (Phi) is 4.62. The lowest BCUT2D eigenvalue weighted by molar-refractivity contribution is 0.0984. The standard InChI is InChI=1S/C19H18N4O2S/c24-17-15-9-5-4-8-14(15)16(21-22-17)12-23(19-20-10-11-26-19)18(25)13-6-2-1-3-7-13/h1-3,6-7,10-11H,4-5,8-9,12H2,(H,22,24). The molecule has 1 N–H and O–H groups in total. The minimum absolute atomic E-state index is 0.112. The number of benzene rings is 1. The van der Waals surface area contributed by atoms with Gasteiger partial charge in [-0.2, -0.15) is 5.10 Å². The molecule has 4 rings (SSSR count). The summed E-state index contributed by atoms with van der Waals surface area (Å²) in [6.45, 7) is 0.292. The Balaban J connectivity index is 1.73. The topological polar surface area (TPSA) is 79.0 Å². The number of H-pyrrole nitrogens is 1. The van der Waals surface area contributed by atoms with Gasteiger partial charge in [-0.05, 0) is 43.4 Å². The van der Waals surface area contributed by atoms with Gasteiger partial charge >= 0.3 is 0 Å². The van der Waals surface area contributed by atoms with Crippen molar-refractivity contribution in [2.24, 2.45) is 0 Å². The van der Waals surface area contributed by atoms with Gasteiger partial charge in [0.15, 0.2) is 5.13 Å². The fraction of sp³-hybridized carbons (Fsp3) is 0.263. The van der Waals surface area contributed by atoms with Gasteiger partial charge < -0.3 is 0 Å². The highest BCUT2D eigenvalue weighted by Gasteiger charge is 2.24. The minimum Gasteiger partial charge on any atom is -0.278 e. The van der Waals surface area contributed by atoms with Crippen molar-refractivity contribution in [2.75, 3.05) is 4.90 Å². The Bertz CT molecular complexity index is 967. The molecule has 7 heteroatoms. The van der Waals surface area contributed by atoms with Crippen LogP contribution in [0.1, 0.15) is 40.0 Å². The number of anilines is 1. The highest BCUT2D eigenvalue weighted by atomic mass is 32.1. The number of carbonyl (C=O) groups is 1. The molecule has 1 aromatic carbocycles. The average Bonchev–Trinajstić information content (AvgIpc) is 3.22. The van der Waals surface area contributed by atoms with Crippen LogP contribution < -0.4 is 10.5 Å². The number of amides is 1. The number of carbonyl (C=O) groups excluding carboxylic acids is 1. The molecule has 0 bridgehead atoms. The molecule has 0 radical (unpaired) electrons. The molecule has 0 unspecified atom stereocenters. The third kappa shape index (κ3) is 3.17. The number of aromatic nitrogens is 3. The Morgan fingerprint density at radius 3 is 2.65 bits per heavy atom. The minimum atomic E-state index is -0.127. The van der Waals surface area contributed by atoms with Crippen LogP contribution in [0, 0.1) is 0 Å². The van der Waals surface area contributed by atoms with E-state index in [1.807, 2.05) is 23.6 Å². The Morgan fingerprint density at radius 2 is 1.92 bits per heavy atom. The van der Waals surface area contributed by atoms with Crippen molar-refractivity contribution >= 4 is 22.4 Å². The summed E-state index contributed by atoms with van der Waals surface area (Å²) in [6.07, 6.45) is 5.33. The largest absolute Gasteiger partial charge is 0.278 e. The van der Waals surface area contributed by atoms with E-state index in [4.69, 9.17) is 0 Å². The summed E-state index contributed by atoms with van der Waals surface area (Å²) in [6, 6.07) is 9.14. The smallest absolute Gasteiger partial charge is 0.267 e. The monoisotopic (exact) mass is 366 g/mol. The van der Waals surface area contributed by atoms with Crippen molar-refractivity contribution in [3.05, 3.63) is 74.6 Å². The Labute approximate surface area is 154 Å². The molecule has 132 valence electrons. The van der Waals surface area contributed by atoms with Gasteiger partial charge in [0.1, 0.15) is 0 Å². The summed E-state index contributed by atoms with van der Waals surface area (Å²) >= 11 is 1.41. The number of aromatic amines is 1. The zero-order valence-electron chi connectivity index (χ0n) is 14.1. The molecule has 0 fully saturated rings. The molecule has 3 aromatic rings. The van der Waals surface area contributed by atoms with Crippen LogP contribution in [0.5, 0.6) is 0 Å². The van der Waals surface area contributed by atoms with Crippen molar-refractivity contribution < 1.29 is 4.79 Å². The SMILES string of the molecule is O=C(c1ccccc1)N(Cc1n[nH]c(=O)c2c1CCCC2)c1nccs1. The van der Waals surface area contributed by atoms with Gasteiger partial charge in [-0.3, -0.25) is 14.5 Å². The van der Waals surface area contributed by atoms with E-state index < -0.39 is 0 Å². The lowest BCUT2D eigenvalue weighted by Crippen LogP contribution is -2.33. The number of thiazole rings is 1. The van der Waals surface area contributed by atoms with Gasteiger partial charge in [0.25, 0.3) is 11.5 Å². The predicted octanol–water partition coefficient (Wildman–Crippen LogP) is 2.95.